The predicted octanol–water partition coefficient (Wildman–Crippen LogP) is 4.06. The molecular formula is C16H13ClN4OS. The minimum absolute atomic E-state index is 0.254. The Labute approximate surface area is 143 Å². The fraction of sp³-hybridized carbons (Fsp3) is 0.0625. The summed E-state index contributed by atoms with van der Waals surface area (Å²) in [5.74, 6) is 1.34. The van der Waals surface area contributed by atoms with Crippen LogP contribution >= 0.6 is 23.8 Å². The summed E-state index contributed by atoms with van der Waals surface area (Å²) in [4.78, 5) is 0. The van der Waals surface area contributed by atoms with Gasteiger partial charge in [-0.3, -0.25) is 0 Å². The van der Waals surface area contributed by atoms with Crippen LogP contribution in [0.3, 0.4) is 0 Å². The molecule has 0 saturated heterocycles. The number of H-pyrrole nitrogens is 1. The van der Waals surface area contributed by atoms with E-state index in [1.165, 1.54) is 4.68 Å². The van der Waals surface area contributed by atoms with E-state index in [2.05, 4.69) is 15.3 Å². The van der Waals surface area contributed by atoms with Crippen molar-refractivity contribution in [2.24, 2.45) is 5.10 Å². The fourth-order valence-electron chi connectivity index (χ4n) is 1.91. The number of nitrogens with one attached hydrogen (secondary N) is 1. The van der Waals surface area contributed by atoms with E-state index in [9.17, 15) is 0 Å². The summed E-state index contributed by atoms with van der Waals surface area (Å²) in [6.07, 6.45) is 1.67. The molecule has 0 amide bonds. The van der Waals surface area contributed by atoms with E-state index >= 15 is 0 Å². The molecule has 0 spiro atoms. The van der Waals surface area contributed by atoms with Crippen molar-refractivity contribution in [3.8, 4) is 5.75 Å². The average molecular weight is 345 g/mol. The maximum Gasteiger partial charge on any atom is 0.216 e. The molecule has 23 heavy (non-hydrogen) atoms. The molecule has 0 aliphatic carbocycles. The van der Waals surface area contributed by atoms with Crippen molar-refractivity contribution < 1.29 is 4.74 Å². The quantitative estimate of drug-likeness (QED) is 0.561. The maximum atomic E-state index is 5.96. The van der Waals surface area contributed by atoms with Crippen LogP contribution in [0.2, 0.25) is 5.02 Å². The van der Waals surface area contributed by atoms with E-state index < -0.39 is 0 Å². The number of para-hydroxylation sites is 1. The Kier molecular flexibility index (Phi) is 4.85. The SMILES string of the molecule is S=c1[nH]nc(COc2ccccc2)n1/N=C/c1cccc(Cl)c1. The minimum atomic E-state index is 0.254. The number of hydrogen-bond acceptors (Lipinski definition) is 4. The van der Waals surface area contributed by atoms with Gasteiger partial charge in [-0.05, 0) is 42.0 Å². The van der Waals surface area contributed by atoms with Crippen LogP contribution in [0.25, 0.3) is 0 Å². The van der Waals surface area contributed by atoms with Gasteiger partial charge >= 0.3 is 0 Å². The molecule has 0 radical (unpaired) electrons. The molecule has 0 unspecified atom stereocenters. The van der Waals surface area contributed by atoms with Gasteiger partial charge < -0.3 is 4.74 Å². The molecule has 7 heteroatoms. The van der Waals surface area contributed by atoms with Crippen LogP contribution in [0.5, 0.6) is 5.75 Å². The van der Waals surface area contributed by atoms with E-state index in [1.54, 1.807) is 6.21 Å². The van der Waals surface area contributed by atoms with Crippen LogP contribution in [0.15, 0.2) is 59.7 Å². The molecule has 2 aromatic carbocycles. The second kappa shape index (κ2) is 7.21. The first-order chi connectivity index (χ1) is 11.2. The molecule has 1 N–H and O–H groups in total. The summed E-state index contributed by atoms with van der Waals surface area (Å²) in [6.45, 7) is 0.254. The van der Waals surface area contributed by atoms with Crippen LogP contribution < -0.4 is 4.74 Å². The van der Waals surface area contributed by atoms with Gasteiger partial charge in [0.1, 0.15) is 12.4 Å². The van der Waals surface area contributed by atoms with Crippen molar-refractivity contribution in [2.45, 2.75) is 6.61 Å². The first kappa shape index (κ1) is 15.5. The lowest BCUT2D eigenvalue weighted by atomic mass is 10.2. The molecule has 3 rings (SSSR count). The molecule has 5 nitrogen and oxygen atoms in total. The van der Waals surface area contributed by atoms with Gasteiger partial charge in [-0.1, -0.05) is 41.9 Å². The van der Waals surface area contributed by atoms with Crippen molar-refractivity contribution in [1.29, 1.82) is 0 Å². The Morgan fingerprint density at radius 2 is 2.04 bits per heavy atom. The third-order valence-electron chi connectivity index (χ3n) is 3.00. The van der Waals surface area contributed by atoms with Crippen LogP contribution in [0.4, 0.5) is 0 Å². The molecule has 1 aromatic heterocycles. The zero-order chi connectivity index (χ0) is 16.1. The average Bonchev–Trinajstić information content (AvgIpc) is 2.92. The van der Waals surface area contributed by atoms with E-state index in [0.717, 1.165) is 11.3 Å². The van der Waals surface area contributed by atoms with Crippen molar-refractivity contribution >= 4 is 30.0 Å². The van der Waals surface area contributed by atoms with Crippen LogP contribution in [-0.2, 0) is 6.61 Å². The zero-order valence-corrected chi connectivity index (χ0v) is 13.6. The first-order valence-electron chi connectivity index (χ1n) is 6.86. The molecule has 0 aliphatic rings. The monoisotopic (exact) mass is 344 g/mol. The van der Waals surface area contributed by atoms with Crippen LogP contribution in [0.1, 0.15) is 11.4 Å². The zero-order valence-electron chi connectivity index (χ0n) is 12.0. The number of aromatic amines is 1. The van der Waals surface area contributed by atoms with Crippen molar-refractivity contribution in [3.63, 3.8) is 0 Å². The van der Waals surface area contributed by atoms with Gasteiger partial charge in [-0.15, -0.1) is 0 Å². The third kappa shape index (κ3) is 4.06. The number of halogens is 1. The highest BCUT2D eigenvalue weighted by Crippen LogP contribution is 2.12. The molecule has 1 heterocycles. The lowest BCUT2D eigenvalue weighted by molar-refractivity contribution is 0.290. The number of rotatable bonds is 5. The molecule has 0 fully saturated rings. The van der Waals surface area contributed by atoms with Gasteiger partial charge in [0.25, 0.3) is 0 Å². The Hall–Kier alpha value is -2.44. The van der Waals surface area contributed by atoms with E-state index in [-0.39, 0.29) is 6.61 Å². The number of benzene rings is 2. The second-order valence-electron chi connectivity index (χ2n) is 4.66. The summed E-state index contributed by atoms with van der Waals surface area (Å²) in [6, 6.07) is 16.9. The molecular weight excluding hydrogens is 332 g/mol. The Morgan fingerprint density at radius 1 is 1.22 bits per heavy atom. The Balaban J connectivity index is 1.77. The van der Waals surface area contributed by atoms with Gasteiger partial charge in [0.05, 0.1) is 6.21 Å². The topological polar surface area (TPSA) is 55.2 Å². The number of aromatic nitrogens is 3. The van der Waals surface area contributed by atoms with E-state index in [0.29, 0.717) is 15.6 Å². The summed E-state index contributed by atoms with van der Waals surface area (Å²) in [7, 11) is 0. The normalized spacial score (nSPS) is 11.0. The molecule has 0 bridgehead atoms. The third-order valence-corrected chi connectivity index (χ3v) is 3.50. The smallest absolute Gasteiger partial charge is 0.216 e. The molecule has 3 aromatic rings. The van der Waals surface area contributed by atoms with Crippen LogP contribution in [-0.4, -0.2) is 21.1 Å². The fourth-order valence-corrected chi connectivity index (χ4v) is 2.31. The van der Waals surface area contributed by atoms with Crippen LogP contribution in [0, 0.1) is 4.77 Å². The van der Waals surface area contributed by atoms with Gasteiger partial charge in [0.2, 0.25) is 4.77 Å². The minimum Gasteiger partial charge on any atom is -0.486 e. The highest BCUT2D eigenvalue weighted by Gasteiger charge is 2.06. The first-order valence-corrected chi connectivity index (χ1v) is 7.65. The maximum absolute atomic E-state index is 5.96. The number of nitrogens with zero attached hydrogens (tertiary/aromatic N) is 3. The van der Waals surface area contributed by atoms with Gasteiger partial charge in [0, 0.05) is 5.02 Å². The molecule has 0 saturated carbocycles. The van der Waals surface area contributed by atoms with E-state index in [1.807, 2.05) is 54.6 Å². The summed E-state index contributed by atoms with van der Waals surface area (Å²) in [5, 5.41) is 11.9. The lowest BCUT2D eigenvalue weighted by Gasteiger charge is -2.04. The van der Waals surface area contributed by atoms with E-state index in [4.69, 9.17) is 28.6 Å². The number of ether oxygens (including phenoxy) is 1. The van der Waals surface area contributed by atoms with Crippen molar-refractivity contribution in [2.75, 3.05) is 0 Å². The van der Waals surface area contributed by atoms with Gasteiger partial charge in [-0.25, -0.2) is 5.10 Å². The largest absolute Gasteiger partial charge is 0.486 e. The standard InChI is InChI=1S/C16H13ClN4OS/c17-13-6-4-5-12(9-13)10-18-21-15(19-20-16(21)23)11-22-14-7-2-1-3-8-14/h1-10H,11H2,(H,20,23)/b18-10+. The summed E-state index contributed by atoms with van der Waals surface area (Å²) < 4.78 is 7.60. The summed E-state index contributed by atoms with van der Waals surface area (Å²) >= 11 is 11.2. The highest BCUT2D eigenvalue weighted by atomic mass is 35.5. The van der Waals surface area contributed by atoms with Crippen molar-refractivity contribution in [1.82, 2.24) is 14.9 Å². The molecule has 0 aliphatic heterocycles. The lowest BCUT2D eigenvalue weighted by Crippen LogP contribution is -2.04. The molecule has 116 valence electrons. The predicted molar refractivity (Wildman–Crippen MR) is 92.6 cm³/mol. The summed E-state index contributed by atoms with van der Waals surface area (Å²) in [5.41, 5.74) is 0.871. The highest BCUT2D eigenvalue weighted by molar-refractivity contribution is 7.71. The Bertz CT molecular complexity index is 873. The number of hydrogen-bond donors (Lipinski definition) is 1. The molecule has 0 atom stereocenters. The van der Waals surface area contributed by atoms with Gasteiger partial charge in [-0.2, -0.15) is 14.9 Å². The second-order valence-corrected chi connectivity index (χ2v) is 5.48. The van der Waals surface area contributed by atoms with Crippen molar-refractivity contribution in [3.05, 3.63) is 75.8 Å². The Morgan fingerprint density at radius 3 is 2.83 bits per heavy atom. The van der Waals surface area contributed by atoms with Gasteiger partial charge in [0.15, 0.2) is 5.82 Å².